The maximum atomic E-state index is 12.8. The third-order valence-corrected chi connectivity index (χ3v) is 5.24. The molecule has 1 saturated heterocycles. The number of piperazine rings is 1. The van der Waals surface area contributed by atoms with Gasteiger partial charge in [0.1, 0.15) is 5.58 Å². The zero-order valence-electron chi connectivity index (χ0n) is 15.1. The minimum atomic E-state index is -0.167. The second-order valence-corrected chi connectivity index (χ2v) is 7.62. The van der Waals surface area contributed by atoms with E-state index in [0.717, 1.165) is 15.4 Å². The number of hydrogen-bond acceptors (Lipinski definition) is 5. The molecule has 1 fully saturated rings. The molecule has 0 spiro atoms. The molecule has 0 atom stereocenters. The van der Waals surface area contributed by atoms with Crippen LogP contribution in [0.25, 0.3) is 11.0 Å². The highest BCUT2D eigenvalue weighted by molar-refractivity contribution is 9.10. The zero-order chi connectivity index (χ0) is 19.1. The van der Waals surface area contributed by atoms with Crippen LogP contribution in [-0.2, 0) is 0 Å². The lowest BCUT2D eigenvalue weighted by atomic mass is 10.2. The lowest BCUT2D eigenvalue weighted by Gasteiger charge is -2.34. The van der Waals surface area contributed by atoms with Crippen LogP contribution in [0.15, 0.2) is 37.9 Å². The molecule has 3 heterocycles. The van der Waals surface area contributed by atoms with E-state index in [1.165, 1.54) is 6.07 Å². The minimum Gasteiger partial charge on any atom is -0.450 e. The van der Waals surface area contributed by atoms with Gasteiger partial charge in [-0.15, -0.1) is 0 Å². The van der Waals surface area contributed by atoms with Crippen LogP contribution in [0.2, 0.25) is 0 Å². The van der Waals surface area contributed by atoms with Crippen LogP contribution >= 0.6 is 15.9 Å². The molecule has 0 unspecified atom stereocenters. The van der Waals surface area contributed by atoms with Gasteiger partial charge in [-0.1, -0.05) is 0 Å². The fourth-order valence-corrected chi connectivity index (χ4v) is 4.02. The van der Waals surface area contributed by atoms with E-state index in [0.29, 0.717) is 49.2 Å². The van der Waals surface area contributed by atoms with E-state index in [2.05, 4.69) is 25.9 Å². The van der Waals surface area contributed by atoms with Crippen molar-refractivity contribution in [2.24, 2.45) is 0 Å². The zero-order valence-corrected chi connectivity index (χ0v) is 16.7. The molecule has 0 radical (unpaired) electrons. The molecule has 140 valence electrons. The largest absolute Gasteiger partial charge is 0.450 e. The van der Waals surface area contributed by atoms with Crippen molar-refractivity contribution in [3.05, 3.63) is 56.1 Å². The summed E-state index contributed by atoms with van der Waals surface area (Å²) in [6.07, 6.45) is 0. The Kier molecular flexibility index (Phi) is 4.51. The number of aromatic nitrogens is 2. The van der Waals surface area contributed by atoms with Crippen LogP contribution in [0.4, 0.5) is 5.95 Å². The Labute approximate surface area is 164 Å². The van der Waals surface area contributed by atoms with Gasteiger partial charge in [-0.3, -0.25) is 14.6 Å². The molecule has 0 aliphatic carbocycles. The molecule has 1 aliphatic heterocycles. The molecule has 1 aliphatic rings. The number of aromatic amines is 1. The monoisotopic (exact) mass is 430 g/mol. The van der Waals surface area contributed by atoms with E-state index in [1.54, 1.807) is 17.9 Å². The summed E-state index contributed by atoms with van der Waals surface area (Å²) in [5.74, 6) is 0.767. The number of aryl methyl sites for hydroxylation is 2. The van der Waals surface area contributed by atoms with Crippen LogP contribution in [0.5, 0.6) is 0 Å². The molecule has 1 amide bonds. The van der Waals surface area contributed by atoms with E-state index >= 15 is 0 Å². The van der Waals surface area contributed by atoms with Crippen molar-refractivity contribution in [3.63, 3.8) is 0 Å². The van der Waals surface area contributed by atoms with Crippen LogP contribution in [-0.4, -0.2) is 47.0 Å². The minimum absolute atomic E-state index is 0.124. The van der Waals surface area contributed by atoms with Gasteiger partial charge in [-0.05, 0) is 53.5 Å². The quantitative estimate of drug-likeness (QED) is 0.675. The molecule has 4 rings (SSSR count). The average Bonchev–Trinajstić information content (AvgIpc) is 3.05. The van der Waals surface area contributed by atoms with E-state index in [-0.39, 0.29) is 11.5 Å². The van der Waals surface area contributed by atoms with Gasteiger partial charge in [0.25, 0.3) is 11.5 Å². The molecule has 7 nitrogen and oxygen atoms in total. The first-order valence-corrected chi connectivity index (χ1v) is 9.52. The third-order valence-electron chi connectivity index (χ3n) is 4.65. The first kappa shape index (κ1) is 17.8. The Hall–Kier alpha value is -2.61. The summed E-state index contributed by atoms with van der Waals surface area (Å²) < 4.78 is 6.64. The number of benzene rings is 1. The first-order chi connectivity index (χ1) is 12.9. The number of furan rings is 1. The highest BCUT2D eigenvalue weighted by Crippen LogP contribution is 2.29. The van der Waals surface area contributed by atoms with Gasteiger partial charge in [-0.25, -0.2) is 4.98 Å². The van der Waals surface area contributed by atoms with Gasteiger partial charge in [0.15, 0.2) is 5.76 Å². The fourth-order valence-electron chi connectivity index (χ4n) is 3.35. The number of carbonyl (C=O) groups is 1. The number of nitrogens with zero attached hydrogens (tertiary/aromatic N) is 3. The highest BCUT2D eigenvalue weighted by atomic mass is 79.9. The first-order valence-electron chi connectivity index (χ1n) is 8.72. The van der Waals surface area contributed by atoms with E-state index < -0.39 is 0 Å². The fraction of sp³-hybridized carbons (Fsp3) is 0.316. The number of fused-ring (bicyclic) bond motifs is 1. The molecule has 1 aromatic carbocycles. The van der Waals surface area contributed by atoms with Crippen molar-refractivity contribution < 1.29 is 9.21 Å². The Bertz CT molecular complexity index is 1080. The summed E-state index contributed by atoms with van der Waals surface area (Å²) >= 11 is 3.49. The Morgan fingerprint density at radius 3 is 2.59 bits per heavy atom. The summed E-state index contributed by atoms with van der Waals surface area (Å²) in [6, 6.07) is 7.22. The number of H-pyrrole nitrogens is 1. The number of amides is 1. The van der Waals surface area contributed by atoms with Gasteiger partial charge in [-0.2, -0.15) is 0 Å². The predicted molar refractivity (Wildman–Crippen MR) is 106 cm³/mol. The lowest BCUT2D eigenvalue weighted by molar-refractivity contribution is 0.0716. The van der Waals surface area contributed by atoms with E-state index in [4.69, 9.17) is 4.42 Å². The van der Waals surface area contributed by atoms with E-state index in [1.807, 2.05) is 24.0 Å². The van der Waals surface area contributed by atoms with Crippen molar-refractivity contribution in [2.75, 3.05) is 31.1 Å². The number of anilines is 1. The molecule has 1 N–H and O–H groups in total. The van der Waals surface area contributed by atoms with Gasteiger partial charge in [0.2, 0.25) is 5.95 Å². The molecular weight excluding hydrogens is 412 g/mol. The summed E-state index contributed by atoms with van der Waals surface area (Å²) in [5, 5.41) is 0.908. The van der Waals surface area contributed by atoms with Gasteiger partial charge >= 0.3 is 0 Å². The van der Waals surface area contributed by atoms with Gasteiger partial charge in [0.05, 0.1) is 4.47 Å². The smallest absolute Gasteiger partial charge is 0.289 e. The van der Waals surface area contributed by atoms with Gasteiger partial charge < -0.3 is 14.2 Å². The Balaban J connectivity index is 1.50. The molecule has 3 aromatic rings. The number of rotatable bonds is 2. The molecular formula is C19H19BrN4O3. The number of halogens is 1. The topological polar surface area (TPSA) is 82.4 Å². The Morgan fingerprint density at radius 1 is 1.15 bits per heavy atom. The van der Waals surface area contributed by atoms with Gasteiger partial charge in [0, 0.05) is 43.3 Å². The van der Waals surface area contributed by atoms with Crippen LogP contribution < -0.4 is 10.5 Å². The number of carbonyl (C=O) groups excluding carboxylic acids is 1. The lowest BCUT2D eigenvalue weighted by Crippen LogP contribution is -2.49. The molecule has 0 bridgehead atoms. The standard InChI is InChI=1S/C19H19BrN4O3/c1-11-7-13-10-15(27-17(13)14(20)8-11)18(26)23-3-5-24(6-4-23)19-21-12(2)9-16(25)22-19/h7-10H,3-6H2,1-2H3,(H,21,22,25). The van der Waals surface area contributed by atoms with Crippen molar-refractivity contribution >= 4 is 38.8 Å². The van der Waals surface area contributed by atoms with Crippen molar-refractivity contribution in [2.45, 2.75) is 13.8 Å². The second-order valence-electron chi connectivity index (χ2n) is 6.77. The second kappa shape index (κ2) is 6.84. The summed E-state index contributed by atoms with van der Waals surface area (Å²) in [6.45, 7) is 6.06. The summed E-state index contributed by atoms with van der Waals surface area (Å²) in [4.78, 5) is 35.4. The number of hydrogen-bond donors (Lipinski definition) is 1. The highest BCUT2D eigenvalue weighted by Gasteiger charge is 2.26. The summed E-state index contributed by atoms with van der Waals surface area (Å²) in [5.41, 5.74) is 2.29. The van der Waals surface area contributed by atoms with E-state index in [9.17, 15) is 9.59 Å². The van der Waals surface area contributed by atoms with Crippen LogP contribution in [0.1, 0.15) is 21.8 Å². The molecule has 8 heteroatoms. The Morgan fingerprint density at radius 2 is 1.89 bits per heavy atom. The van der Waals surface area contributed by atoms with Crippen LogP contribution in [0, 0.1) is 13.8 Å². The van der Waals surface area contributed by atoms with Crippen molar-refractivity contribution in [1.82, 2.24) is 14.9 Å². The normalized spacial score (nSPS) is 14.8. The van der Waals surface area contributed by atoms with Crippen molar-refractivity contribution in [1.29, 1.82) is 0 Å². The van der Waals surface area contributed by atoms with Crippen molar-refractivity contribution in [3.8, 4) is 0 Å². The SMILES string of the molecule is Cc1cc(Br)c2oc(C(=O)N3CCN(c4nc(C)cc(=O)[nH]4)CC3)cc2c1. The average molecular weight is 431 g/mol. The summed E-state index contributed by atoms with van der Waals surface area (Å²) in [7, 11) is 0. The molecule has 0 saturated carbocycles. The maximum absolute atomic E-state index is 12.8. The maximum Gasteiger partial charge on any atom is 0.289 e. The molecule has 2 aromatic heterocycles. The third kappa shape index (κ3) is 3.49. The predicted octanol–water partition coefficient (Wildman–Crippen LogP) is 2.86. The number of nitrogens with one attached hydrogen (secondary N) is 1. The van der Waals surface area contributed by atoms with Crippen LogP contribution in [0.3, 0.4) is 0 Å². The molecule has 27 heavy (non-hydrogen) atoms.